The second kappa shape index (κ2) is 9.71. The Labute approximate surface area is 158 Å². The molecule has 0 fully saturated rings. The Hall–Kier alpha value is -2.89. The van der Waals surface area contributed by atoms with Crippen LogP contribution in [0, 0.1) is 12.7 Å². The van der Waals surface area contributed by atoms with E-state index in [1.54, 1.807) is 19.2 Å². The van der Waals surface area contributed by atoms with Crippen molar-refractivity contribution in [2.24, 2.45) is 0 Å². The molecule has 1 atom stereocenters. The SMILES string of the molecule is Cc1ccc(OCCC(=O)OC(C)C(=O)N(C)Cc2cccc(F)c2)cc1. The molecule has 0 bridgehead atoms. The van der Waals surface area contributed by atoms with Crippen LogP contribution in [0.25, 0.3) is 0 Å². The van der Waals surface area contributed by atoms with Crippen molar-refractivity contribution in [2.75, 3.05) is 13.7 Å². The summed E-state index contributed by atoms with van der Waals surface area (Å²) in [6.45, 7) is 3.89. The molecule has 0 aromatic heterocycles. The molecule has 0 heterocycles. The first-order valence-corrected chi connectivity index (χ1v) is 8.73. The Morgan fingerprint density at radius 3 is 2.52 bits per heavy atom. The highest BCUT2D eigenvalue weighted by atomic mass is 19.1. The molecule has 2 aromatic carbocycles. The maximum Gasteiger partial charge on any atom is 0.310 e. The van der Waals surface area contributed by atoms with Gasteiger partial charge in [0.15, 0.2) is 6.10 Å². The fraction of sp³-hybridized carbons (Fsp3) is 0.333. The normalized spacial score (nSPS) is 11.6. The third-order valence-electron chi connectivity index (χ3n) is 3.94. The highest BCUT2D eigenvalue weighted by molar-refractivity contribution is 5.83. The predicted octanol–water partition coefficient (Wildman–Crippen LogP) is 3.49. The molecule has 0 aliphatic heterocycles. The van der Waals surface area contributed by atoms with Gasteiger partial charge in [-0.1, -0.05) is 29.8 Å². The monoisotopic (exact) mass is 373 g/mol. The number of hydrogen-bond donors (Lipinski definition) is 0. The van der Waals surface area contributed by atoms with Crippen LogP contribution in [-0.2, 0) is 20.9 Å². The number of nitrogens with zero attached hydrogens (tertiary/aromatic N) is 1. The highest BCUT2D eigenvalue weighted by Gasteiger charge is 2.21. The summed E-state index contributed by atoms with van der Waals surface area (Å²) in [6, 6.07) is 13.5. The molecular weight excluding hydrogens is 349 g/mol. The van der Waals surface area contributed by atoms with Gasteiger partial charge >= 0.3 is 5.97 Å². The van der Waals surface area contributed by atoms with Crippen LogP contribution < -0.4 is 4.74 Å². The molecule has 0 aliphatic carbocycles. The van der Waals surface area contributed by atoms with E-state index in [2.05, 4.69) is 0 Å². The van der Waals surface area contributed by atoms with Gasteiger partial charge in [-0.2, -0.15) is 0 Å². The van der Waals surface area contributed by atoms with Crippen molar-refractivity contribution in [1.29, 1.82) is 0 Å². The molecule has 5 nitrogen and oxygen atoms in total. The van der Waals surface area contributed by atoms with Crippen LogP contribution in [0.1, 0.15) is 24.5 Å². The summed E-state index contributed by atoms with van der Waals surface area (Å²) >= 11 is 0. The Bertz CT molecular complexity index is 776. The Balaban J connectivity index is 1.75. The van der Waals surface area contributed by atoms with Crippen molar-refractivity contribution in [3.63, 3.8) is 0 Å². The van der Waals surface area contributed by atoms with Crippen molar-refractivity contribution in [3.8, 4) is 5.75 Å². The summed E-state index contributed by atoms with van der Waals surface area (Å²) in [5.74, 6) is -0.553. The van der Waals surface area contributed by atoms with E-state index in [9.17, 15) is 14.0 Å². The van der Waals surface area contributed by atoms with Gasteiger partial charge in [0.25, 0.3) is 5.91 Å². The van der Waals surface area contributed by atoms with E-state index >= 15 is 0 Å². The van der Waals surface area contributed by atoms with Gasteiger partial charge in [0.05, 0.1) is 13.0 Å². The molecule has 0 spiro atoms. The predicted molar refractivity (Wildman–Crippen MR) is 99.7 cm³/mol. The molecule has 6 heteroatoms. The lowest BCUT2D eigenvalue weighted by Crippen LogP contribution is -2.37. The smallest absolute Gasteiger partial charge is 0.310 e. The van der Waals surface area contributed by atoms with Crippen molar-refractivity contribution >= 4 is 11.9 Å². The number of carbonyl (C=O) groups excluding carboxylic acids is 2. The zero-order valence-corrected chi connectivity index (χ0v) is 15.8. The number of amides is 1. The van der Waals surface area contributed by atoms with Crippen LogP contribution in [0.15, 0.2) is 48.5 Å². The zero-order chi connectivity index (χ0) is 19.8. The summed E-state index contributed by atoms with van der Waals surface area (Å²) in [6.07, 6.45) is -0.880. The number of likely N-dealkylation sites (N-methyl/N-ethyl adjacent to an activating group) is 1. The van der Waals surface area contributed by atoms with Gasteiger partial charge in [-0.15, -0.1) is 0 Å². The minimum atomic E-state index is -0.921. The fourth-order valence-corrected chi connectivity index (χ4v) is 2.49. The Morgan fingerprint density at radius 2 is 1.85 bits per heavy atom. The number of carbonyl (C=O) groups is 2. The van der Waals surface area contributed by atoms with E-state index in [0.717, 1.165) is 5.56 Å². The number of halogens is 1. The van der Waals surface area contributed by atoms with E-state index in [1.165, 1.54) is 24.0 Å². The first-order chi connectivity index (χ1) is 12.8. The molecule has 1 amide bonds. The molecule has 0 N–H and O–H groups in total. The van der Waals surface area contributed by atoms with Crippen LogP contribution in [0.4, 0.5) is 4.39 Å². The molecule has 1 unspecified atom stereocenters. The van der Waals surface area contributed by atoms with E-state index in [4.69, 9.17) is 9.47 Å². The lowest BCUT2D eigenvalue weighted by atomic mass is 10.2. The molecule has 27 heavy (non-hydrogen) atoms. The minimum Gasteiger partial charge on any atom is -0.493 e. The van der Waals surface area contributed by atoms with Crippen molar-refractivity contribution in [3.05, 3.63) is 65.5 Å². The quantitative estimate of drug-likeness (QED) is 0.665. The van der Waals surface area contributed by atoms with Crippen molar-refractivity contribution in [2.45, 2.75) is 32.9 Å². The molecule has 0 radical (unpaired) electrons. The van der Waals surface area contributed by atoms with Crippen molar-refractivity contribution in [1.82, 2.24) is 4.90 Å². The fourth-order valence-electron chi connectivity index (χ4n) is 2.49. The third kappa shape index (κ3) is 6.73. The Kier molecular flexibility index (Phi) is 7.34. The average molecular weight is 373 g/mol. The van der Waals surface area contributed by atoms with Gasteiger partial charge in [0, 0.05) is 13.6 Å². The number of hydrogen-bond acceptors (Lipinski definition) is 4. The summed E-state index contributed by atoms with van der Waals surface area (Å²) in [7, 11) is 1.58. The summed E-state index contributed by atoms with van der Waals surface area (Å²) in [5, 5.41) is 0. The van der Waals surface area contributed by atoms with Crippen LogP contribution >= 0.6 is 0 Å². The Morgan fingerprint density at radius 1 is 1.15 bits per heavy atom. The summed E-state index contributed by atoms with van der Waals surface area (Å²) in [5.41, 5.74) is 1.78. The molecule has 0 saturated carbocycles. The summed E-state index contributed by atoms with van der Waals surface area (Å²) in [4.78, 5) is 25.6. The van der Waals surface area contributed by atoms with Gasteiger partial charge in [-0.3, -0.25) is 9.59 Å². The average Bonchev–Trinajstić information content (AvgIpc) is 2.62. The molecule has 0 saturated heterocycles. The van der Waals surface area contributed by atoms with Crippen LogP contribution in [0.2, 0.25) is 0 Å². The van der Waals surface area contributed by atoms with E-state index in [-0.39, 0.29) is 31.3 Å². The van der Waals surface area contributed by atoms with Crippen LogP contribution in [-0.4, -0.2) is 36.5 Å². The van der Waals surface area contributed by atoms with Gasteiger partial charge in [0.1, 0.15) is 11.6 Å². The number of rotatable bonds is 8. The first kappa shape index (κ1) is 20.4. The number of benzene rings is 2. The van der Waals surface area contributed by atoms with E-state index < -0.39 is 12.1 Å². The van der Waals surface area contributed by atoms with Crippen LogP contribution in [0.5, 0.6) is 5.75 Å². The van der Waals surface area contributed by atoms with E-state index in [0.29, 0.717) is 11.3 Å². The second-order valence-corrected chi connectivity index (χ2v) is 6.37. The summed E-state index contributed by atoms with van der Waals surface area (Å²) < 4.78 is 23.9. The number of aryl methyl sites for hydroxylation is 1. The molecule has 2 rings (SSSR count). The minimum absolute atomic E-state index is 0.0408. The van der Waals surface area contributed by atoms with Gasteiger partial charge in [-0.05, 0) is 43.7 Å². The third-order valence-corrected chi connectivity index (χ3v) is 3.94. The topological polar surface area (TPSA) is 55.8 Å². The molecule has 144 valence electrons. The van der Waals surface area contributed by atoms with E-state index in [1.807, 2.05) is 31.2 Å². The van der Waals surface area contributed by atoms with Crippen molar-refractivity contribution < 1.29 is 23.5 Å². The second-order valence-electron chi connectivity index (χ2n) is 6.37. The highest BCUT2D eigenvalue weighted by Crippen LogP contribution is 2.12. The lowest BCUT2D eigenvalue weighted by Gasteiger charge is -2.21. The largest absolute Gasteiger partial charge is 0.493 e. The van der Waals surface area contributed by atoms with Gasteiger partial charge in [-0.25, -0.2) is 4.39 Å². The first-order valence-electron chi connectivity index (χ1n) is 8.73. The maximum atomic E-state index is 13.2. The molecule has 2 aromatic rings. The number of ether oxygens (including phenoxy) is 2. The van der Waals surface area contributed by atoms with Crippen LogP contribution in [0.3, 0.4) is 0 Å². The standard InChI is InChI=1S/C21H24FNO4/c1-15-7-9-19(10-8-15)26-12-11-20(24)27-16(2)21(25)23(3)14-17-5-4-6-18(22)13-17/h4-10,13,16H,11-12,14H2,1-3H3. The van der Waals surface area contributed by atoms with Gasteiger partial charge < -0.3 is 14.4 Å². The van der Waals surface area contributed by atoms with Gasteiger partial charge in [0.2, 0.25) is 0 Å². The molecular formula is C21H24FNO4. The zero-order valence-electron chi connectivity index (χ0n) is 15.8. The maximum absolute atomic E-state index is 13.2. The lowest BCUT2D eigenvalue weighted by molar-refractivity contribution is -0.159. The molecule has 0 aliphatic rings. The number of esters is 1.